The second-order valence-electron chi connectivity index (χ2n) is 12.9. The number of hydrogen-bond acceptors (Lipinski definition) is 5. The van der Waals surface area contributed by atoms with Crippen molar-refractivity contribution in [1.82, 2.24) is 15.0 Å². The Morgan fingerprint density at radius 3 is 1.93 bits per heavy atom. The van der Waals surface area contributed by atoms with E-state index in [2.05, 4.69) is 42.5 Å². The lowest BCUT2D eigenvalue weighted by Gasteiger charge is -2.10. The van der Waals surface area contributed by atoms with Gasteiger partial charge < -0.3 is 0 Å². The summed E-state index contributed by atoms with van der Waals surface area (Å²) in [5.41, 5.74) is 5.66. The van der Waals surface area contributed by atoms with Crippen molar-refractivity contribution in [2.75, 3.05) is 0 Å². The molecule has 0 aliphatic heterocycles. The van der Waals surface area contributed by atoms with Gasteiger partial charge in [0, 0.05) is 57.0 Å². The van der Waals surface area contributed by atoms with Gasteiger partial charge in [-0.3, -0.25) is 0 Å². The molecule has 0 radical (unpaired) electrons. The third kappa shape index (κ3) is 5.12. The molecule has 0 spiro atoms. The third-order valence-corrected chi connectivity index (χ3v) is 12.0. The smallest absolute Gasteiger partial charge is 0.165 e. The molecule has 0 aliphatic rings. The Morgan fingerprint density at radius 1 is 0.389 bits per heavy atom. The molecule has 54 heavy (non-hydrogen) atoms. The van der Waals surface area contributed by atoms with Crippen molar-refractivity contribution in [3.63, 3.8) is 0 Å². The number of thiophene rings is 2. The predicted molar refractivity (Wildman–Crippen MR) is 230 cm³/mol. The second kappa shape index (κ2) is 12.6. The molecule has 5 heteroatoms. The van der Waals surface area contributed by atoms with E-state index in [4.69, 9.17) is 25.9 Å². The first kappa shape index (κ1) is 23.2. The van der Waals surface area contributed by atoms with Crippen LogP contribution in [0.3, 0.4) is 0 Å². The Hall–Kier alpha value is -6.53. The van der Waals surface area contributed by atoms with Crippen LogP contribution < -0.4 is 0 Å². The lowest BCUT2D eigenvalue weighted by Crippen LogP contribution is -2.00. The van der Waals surface area contributed by atoms with Crippen LogP contribution in [0.4, 0.5) is 0 Å². The van der Waals surface area contributed by atoms with Crippen molar-refractivity contribution in [3.05, 3.63) is 176 Å². The van der Waals surface area contributed by atoms with Crippen LogP contribution in [-0.2, 0) is 0 Å². The average molecular weight is 733 g/mol. The first-order chi connectivity index (χ1) is 30.5. The van der Waals surface area contributed by atoms with Gasteiger partial charge in [-0.05, 0) is 57.3 Å². The van der Waals surface area contributed by atoms with Gasteiger partial charge in [-0.25, -0.2) is 15.0 Å². The van der Waals surface area contributed by atoms with Crippen LogP contribution in [0.1, 0.15) is 12.3 Å². The molecule has 3 aromatic heterocycles. The molecule has 0 saturated carbocycles. The number of rotatable bonds is 5. The summed E-state index contributed by atoms with van der Waals surface area (Å²) in [5, 5.41) is 2.39. The molecule has 3 nitrogen and oxygen atoms in total. The van der Waals surface area contributed by atoms with Crippen molar-refractivity contribution in [2.24, 2.45) is 0 Å². The minimum Gasteiger partial charge on any atom is -0.208 e. The fraction of sp³-hybridized carbons (Fsp3) is 0. The quantitative estimate of drug-likeness (QED) is 0.177. The van der Waals surface area contributed by atoms with Crippen molar-refractivity contribution >= 4 is 73.8 Å². The molecule has 3 heterocycles. The highest BCUT2D eigenvalue weighted by molar-refractivity contribution is 7.27. The van der Waals surface area contributed by atoms with Gasteiger partial charge in [0.25, 0.3) is 0 Å². The summed E-state index contributed by atoms with van der Waals surface area (Å²) < 4.78 is 82.7. The van der Waals surface area contributed by atoms with Crippen LogP contribution in [-0.4, -0.2) is 15.0 Å². The molecule has 252 valence electrons. The number of aromatic nitrogens is 3. The van der Waals surface area contributed by atoms with E-state index in [-0.39, 0.29) is 61.8 Å². The van der Waals surface area contributed by atoms with Gasteiger partial charge in [0.05, 0.1) is 12.3 Å². The summed E-state index contributed by atoms with van der Waals surface area (Å²) in [7, 11) is 0. The van der Waals surface area contributed by atoms with E-state index >= 15 is 0 Å². The maximum Gasteiger partial charge on any atom is 0.165 e. The molecule has 11 rings (SSSR count). The summed E-state index contributed by atoms with van der Waals surface area (Å²) in [6, 6.07) is 36.8. The van der Waals surface area contributed by atoms with E-state index in [1.807, 2.05) is 78.9 Å². The fourth-order valence-electron chi connectivity index (χ4n) is 7.13. The molecule has 8 aromatic carbocycles. The molecule has 0 saturated heterocycles. The summed E-state index contributed by atoms with van der Waals surface area (Å²) in [6.45, 7) is 0. The summed E-state index contributed by atoms with van der Waals surface area (Å²) in [5.74, 6) is 0.675. The van der Waals surface area contributed by atoms with Crippen molar-refractivity contribution in [2.45, 2.75) is 0 Å². The highest BCUT2D eigenvalue weighted by Gasteiger charge is 2.19. The Bertz CT molecular complexity index is 3740. The lowest BCUT2D eigenvalue weighted by atomic mass is 9.99. The van der Waals surface area contributed by atoms with Crippen LogP contribution in [0.25, 0.3) is 108 Å². The van der Waals surface area contributed by atoms with Crippen LogP contribution in [0.5, 0.6) is 0 Å². The van der Waals surface area contributed by atoms with Gasteiger partial charge in [0.1, 0.15) is 0 Å². The number of hydrogen-bond donors (Lipinski definition) is 0. The van der Waals surface area contributed by atoms with Crippen LogP contribution in [0.2, 0.25) is 0 Å². The third-order valence-electron chi connectivity index (χ3n) is 9.66. The SMILES string of the molecule is [2H]c1c([2H])c([2H])c2c(sc3c4c([2H])c([2H])c([2H])c([2H])c4c([2H])c([2H])c32)c1-c1nc(-c2cccc(-c3ccccc3)c2)nc(-c2ccc3c(c2)sc2cccc(-c4ccccc4)c23)n1. The van der Waals surface area contributed by atoms with Crippen LogP contribution in [0, 0.1) is 0 Å². The zero-order valence-electron chi connectivity index (χ0n) is 37.2. The van der Waals surface area contributed by atoms with Gasteiger partial charge in [0.15, 0.2) is 17.5 Å². The molecular weight excluding hydrogens is 695 g/mol. The molecule has 0 bridgehead atoms. The maximum atomic E-state index is 9.38. The standard InChI is InChI=1S/C49H29N3S2/c1-3-12-30(13-4-1)33-17-9-18-34(28-33)47-50-48(35-25-27-40-43(29-35)53-42-23-11-20-36(44(40)42)31-14-5-2-6-15-31)52-49(51-47)41-22-10-21-38-39-26-24-32-16-7-8-19-37(32)45(39)54-46(38)41/h1-29H/i7D,8D,10D,16D,19D,21D,22D,24D,26D. The molecule has 0 N–H and O–H groups in total. The molecule has 0 atom stereocenters. The normalized spacial score (nSPS) is 14.0. The Morgan fingerprint density at radius 2 is 1.07 bits per heavy atom. The molecule has 11 aromatic rings. The van der Waals surface area contributed by atoms with Gasteiger partial charge in [-0.2, -0.15) is 0 Å². The zero-order valence-corrected chi connectivity index (χ0v) is 29.8. The predicted octanol–water partition coefficient (Wildman–Crippen LogP) is 14.1. The Labute approximate surface area is 332 Å². The largest absolute Gasteiger partial charge is 0.208 e. The number of benzene rings is 8. The van der Waals surface area contributed by atoms with E-state index in [0.29, 0.717) is 27.5 Å². The summed E-state index contributed by atoms with van der Waals surface area (Å²) in [4.78, 5) is 15.1. The number of nitrogens with zero attached hydrogens (tertiary/aromatic N) is 3. The molecule has 0 amide bonds. The molecular formula is C49H29N3S2. The highest BCUT2D eigenvalue weighted by atomic mass is 32.1. The van der Waals surface area contributed by atoms with E-state index in [0.717, 1.165) is 53.8 Å². The van der Waals surface area contributed by atoms with Crippen molar-refractivity contribution in [3.8, 4) is 56.4 Å². The molecule has 0 aliphatic carbocycles. The van der Waals surface area contributed by atoms with E-state index in [9.17, 15) is 1.37 Å². The summed E-state index contributed by atoms with van der Waals surface area (Å²) in [6.07, 6.45) is 0. The minimum absolute atomic E-state index is 0.0448. The first-order valence-electron chi connectivity index (χ1n) is 21.8. The van der Waals surface area contributed by atoms with E-state index in [1.165, 1.54) is 0 Å². The van der Waals surface area contributed by atoms with Crippen molar-refractivity contribution < 1.29 is 12.3 Å². The topological polar surface area (TPSA) is 38.7 Å². The molecule has 0 fully saturated rings. The molecule has 0 unspecified atom stereocenters. The lowest BCUT2D eigenvalue weighted by molar-refractivity contribution is 1.08. The second-order valence-corrected chi connectivity index (χ2v) is 15.0. The van der Waals surface area contributed by atoms with Gasteiger partial charge >= 0.3 is 0 Å². The van der Waals surface area contributed by atoms with Crippen LogP contribution >= 0.6 is 22.7 Å². The van der Waals surface area contributed by atoms with Crippen molar-refractivity contribution in [1.29, 1.82) is 0 Å². The monoisotopic (exact) mass is 732 g/mol. The Balaban J connectivity index is 1.20. The van der Waals surface area contributed by atoms with E-state index in [1.54, 1.807) is 11.3 Å². The average Bonchev–Trinajstić information content (AvgIpc) is 3.90. The first-order valence-corrected chi connectivity index (χ1v) is 18.9. The summed E-state index contributed by atoms with van der Waals surface area (Å²) >= 11 is 2.71. The Kier molecular flexibility index (Phi) is 5.40. The van der Waals surface area contributed by atoms with Crippen LogP contribution in [0.15, 0.2) is 176 Å². The number of fused-ring (bicyclic) bond motifs is 8. The van der Waals surface area contributed by atoms with E-state index < -0.39 is 30.2 Å². The maximum absolute atomic E-state index is 9.38. The fourth-order valence-corrected chi connectivity index (χ4v) is 9.52. The zero-order chi connectivity index (χ0) is 43.4. The van der Waals surface area contributed by atoms with Gasteiger partial charge in [0.2, 0.25) is 0 Å². The van der Waals surface area contributed by atoms with Gasteiger partial charge in [-0.1, -0.05) is 151 Å². The highest BCUT2D eigenvalue weighted by Crippen LogP contribution is 2.44. The minimum atomic E-state index is -0.517. The van der Waals surface area contributed by atoms with Gasteiger partial charge in [-0.15, -0.1) is 22.7 Å².